The Morgan fingerprint density at radius 3 is 1.72 bits per heavy atom. The largest absolute Gasteiger partial charge is 0.500 e. The van der Waals surface area contributed by atoms with Gasteiger partial charge in [0.2, 0.25) is 0 Å². The molecule has 0 aromatic carbocycles. The first-order valence-corrected chi connectivity index (χ1v) is 16.0. The summed E-state index contributed by atoms with van der Waals surface area (Å²) in [5.74, 6) is 0. The van der Waals surface area contributed by atoms with Gasteiger partial charge < -0.3 is 22.1 Å². The third-order valence-electron chi connectivity index (χ3n) is 5.40. The number of rotatable bonds is 19. The van der Waals surface area contributed by atoms with Crippen molar-refractivity contribution in [3.63, 3.8) is 0 Å². The Bertz CT molecular complexity index is 380. The zero-order valence-corrected chi connectivity index (χ0v) is 21.8. The second-order valence-electron chi connectivity index (χ2n) is 7.52. The van der Waals surface area contributed by atoms with E-state index in [1.54, 1.807) is 0 Å². The minimum Gasteiger partial charge on any atom is -0.383 e. The van der Waals surface area contributed by atoms with E-state index in [4.69, 9.17) is 22.1 Å². The van der Waals surface area contributed by atoms with E-state index < -0.39 is 17.5 Å². The van der Waals surface area contributed by atoms with E-state index >= 15 is 0 Å². The zero-order chi connectivity index (χ0) is 21.4. The van der Waals surface area contributed by atoms with Crippen LogP contribution < -0.4 is 0 Å². The third kappa shape index (κ3) is 9.47. The van der Waals surface area contributed by atoms with Gasteiger partial charge in [0.05, 0.1) is 0 Å². The van der Waals surface area contributed by atoms with Crippen LogP contribution in [-0.2, 0) is 22.1 Å². The quantitative estimate of drug-likeness (QED) is 0.202. The number of nitrogens with zero attached hydrogens (tertiary/aromatic N) is 1. The minimum atomic E-state index is -2.45. The first kappa shape index (κ1) is 27.2. The Kier molecular flexibility index (Phi) is 14.9. The van der Waals surface area contributed by atoms with Crippen molar-refractivity contribution in [1.82, 2.24) is 4.57 Å². The van der Waals surface area contributed by atoms with Crippen LogP contribution in [0.15, 0.2) is 0 Å². The molecule has 0 saturated carbocycles. The van der Waals surface area contributed by atoms with Crippen LogP contribution in [-0.4, -0.2) is 68.2 Å². The van der Waals surface area contributed by atoms with Crippen LogP contribution in [0.25, 0.3) is 0 Å². The topological polar surface area (TPSA) is 49.4 Å². The lowest BCUT2D eigenvalue weighted by molar-refractivity contribution is 0.0706. The van der Waals surface area contributed by atoms with Crippen LogP contribution in [0, 0.1) is 0 Å². The van der Waals surface area contributed by atoms with Crippen molar-refractivity contribution in [3.05, 3.63) is 0 Å². The summed E-state index contributed by atoms with van der Waals surface area (Å²) in [5, 5.41) is 0. The highest BCUT2D eigenvalue weighted by Gasteiger charge is 2.48. The molecule has 0 spiro atoms. The molecule has 1 aliphatic heterocycles. The molecule has 174 valence electrons. The fraction of sp³-hybridized carbons (Fsp3) is 1.00. The predicted octanol–water partition coefficient (Wildman–Crippen LogP) is 5.09. The third-order valence-corrected chi connectivity index (χ3v) is 12.4. The van der Waals surface area contributed by atoms with Gasteiger partial charge in [-0.25, -0.2) is 0 Å². The van der Waals surface area contributed by atoms with Crippen molar-refractivity contribution in [1.29, 1.82) is 0 Å². The molecule has 0 atom stereocenters. The number of hydrogen-bond donors (Lipinski definition) is 0. The van der Waals surface area contributed by atoms with E-state index in [0.717, 1.165) is 44.8 Å². The number of unbranched alkanes of at least 4 members (excludes halogenated alkanes) is 5. The molecule has 6 nitrogen and oxygen atoms in total. The molecule has 0 aromatic rings. The van der Waals surface area contributed by atoms with Gasteiger partial charge in [0, 0.05) is 45.1 Å². The van der Waals surface area contributed by atoms with Gasteiger partial charge in [0.1, 0.15) is 0 Å². The lowest BCUT2D eigenvalue weighted by Gasteiger charge is -2.34. The van der Waals surface area contributed by atoms with Crippen molar-refractivity contribution in [2.75, 3.05) is 46.1 Å². The van der Waals surface area contributed by atoms with Crippen LogP contribution >= 0.6 is 0 Å². The summed E-state index contributed by atoms with van der Waals surface area (Å²) in [6.07, 6.45) is 8.66. The molecule has 1 saturated heterocycles. The molecule has 0 aliphatic carbocycles. The van der Waals surface area contributed by atoms with Crippen LogP contribution in [0.2, 0.25) is 12.1 Å². The van der Waals surface area contributed by atoms with E-state index in [1.807, 2.05) is 20.8 Å². The molecular formula is C21H47NO5Si2. The predicted molar refractivity (Wildman–Crippen MR) is 123 cm³/mol. The zero-order valence-electron chi connectivity index (χ0n) is 19.8. The van der Waals surface area contributed by atoms with Gasteiger partial charge in [0.25, 0.3) is 0 Å². The summed E-state index contributed by atoms with van der Waals surface area (Å²) in [7, 11) is -4.54. The lowest BCUT2D eigenvalue weighted by atomic mass is 10.1. The fourth-order valence-electron chi connectivity index (χ4n) is 4.28. The minimum absolute atomic E-state index is 0.664. The van der Waals surface area contributed by atoms with Gasteiger partial charge in [-0.1, -0.05) is 25.7 Å². The van der Waals surface area contributed by atoms with Crippen LogP contribution in [0.5, 0.6) is 0 Å². The summed E-state index contributed by atoms with van der Waals surface area (Å²) >= 11 is 0. The molecule has 8 heteroatoms. The summed E-state index contributed by atoms with van der Waals surface area (Å²) in [6, 6.07) is 2.06. The van der Waals surface area contributed by atoms with E-state index in [0.29, 0.717) is 19.8 Å². The van der Waals surface area contributed by atoms with Crippen LogP contribution in [0.4, 0.5) is 0 Å². The maximum atomic E-state index is 6.16. The average molecular weight is 450 g/mol. The van der Waals surface area contributed by atoms with Gasteiger partial charge in [-0.3, -0.25) is 4.57 Å². The smallest absolute Gasteiger partial charge is 0.383 e. The Hall–Kier alpha value is 0.194. The van der Waals surface area contributed by atoms with E-state index in [1.165, 1.54) is 38.5 Å². The van der Waals surface area contributed by atoms with Crippen LogP contribution in [0.3, 0.4) is 0 Å². The average Bonchev–Trinajstić information content (AvgIpc) is 3.07. The Morgan fingerprint density at radius 1 is 0.690 bits per heavy atom. The SMILES string of the molecule is CCO[Si](CCCCCCCCN1CCC[Si]1(OCC)OCC)(OCC)OCC. The molecule has 0 radical (unpaired) electrons. The summed E-state index contributed by atoms with van der Waals surface area (Å²) in [5.41, 5.74) is 0. The van der Waals surface area contributed by atoms with Gasteiger partial charge in [0.15, 0.2) is 0 Å². The molecule has 1 aliphatic rings. The maximum Gasteiger partial charge on any atom is 0.500 e. The molecule has 0 bridgehead atoms. The number of hydrogen-bond acceptors (Lipinski definition) is 6. The van der Waals surface area contributed by atoms with E-state index in [9.17, 15) is 0 Å². The molecule has 29 heavy (non-hydrogen) atoms. The van der Waals surface area contributed by atoms with Crippen LogP contribution in [0.1, 0.15) is 79.6 Å². The Labute approximate surface area is 182 Å². The highest BCUT2D eigenvalue weighted by atomic mass is 28.4. The van der Waals surface area contributed by atoms with E-state index in [2.05, 4.69) is 18.4 Å². The fourth-order valence-corrected chi connectivity index (χ4v) is 10.5. The lowest BCUT2D eigenvalue weighted by Crippen LogP contribution is -2.54. The van der Waals surface area contributed by atoms with Gasteiger partial charge in [-0.15, -0.1) is 0 Å². The normalized spacial score (nSPS) is 17.3. The molecular weight excluding hydrogens is 402 g/mol. The molecule has 0 unspecified atom stereocenters. The molecule has 0 aromatic heterocycles. The second kappa shape index (κ2) is 15.9. The highest BCUT2D eigenvalue weighted by Crippen LogP contribution is 2.29. The van der Waals surface area contributed by atoms with Crippen molar-refractivity contribution >= 4 is 17.5 Å². The van der Waals surface area contributed by atoms with Gasteiger partial charge in [-0.05, 0) is 67.0 Å². The molecule has 0 N–H and O–H groups in total. The van der Waals surface area contributed by atoms with Crippen molar-refractivity contribution < 1.29 is 22.1 Å². The van der Waals surface area contributed by atoms with Crippen molar-refractivity contribution in [2.45, 2.75) is 91.7 Å². The first-order valence-electron chi connectivity index (χ1n) is 12.1. The molecule has 0 amide bonds. The Morgan fingerprint density at radius 2 is 1.21 bits per heavy atom. The first-order chi connectivity index (χ1) is 14.1. The second-order valence-corrected chi connectivity index (χ2v) is 13.4. The van der Waals surface area contributed by atoms with Gasteiger partial charge >= 0.3 is 17.5 Å². The summed E-state index contributed by atoms with van der Waals surface area (Å²) < 4.78 is 32.7. The molecule has 1 heterocycles. The van der Waals surface area contributed by atoms with E-state index in [-0.39, 0.29) is 0 Å². The van der Waals surface area contributed by atoms with Crippen molar-refractivity contribution in [3.8, 4) is 0 Å². The highest BCUT2D eigenvalue weighted by molar-refractivity contribution is 6.65. The van der Waals surface area contributed by atoms with Gasteiger partial charge in [-0.2, -0.15) is 0 Å². The van der Waals surface area contributed by atoms with Crippen molar-refractivity contribution in [2.24, 2.45) is 0 Å². The monoisotopic (exact) mass is 449 g/mol. The molecule has 1 fully saturated rings. The molecule has 1 rings (SSSR count). The summed E-state index contributed by atoms with van der Waals surface area (Å²) in [6.45, 7) is 16.0. The Balaban J connectivity index is 2.23. The standard InChI is InChI=1S/C21H47NO5Si2/c1-6-23-28(24-7-2)20-17-19-22(28)18-15-13-11-12-14-16-21-29(25-8-3,26-9-4)27-10-5/h6-21H2,1-5H3. The maximum absolute atomic E-state index is 6.16. The summed E-state index contributed by atoms with van der Waals surface area (Å²) in [4.78, 5) is 0.